The molecule has 182 valence electrons. The summed E-state index contributed by atoms with van der Waals surface area (Å²) >= 11 is 0. The van der Waals surface area contributed by atoms with E-state index in [1.54, 1.807) is 24.3 Å². The van der Waals surface area contributed by atoms with Crippen LogP contribution in [0.4, 0.5) is 13.2 Å². The van der Waals surface area contributed by atoms with Crippen molar-refractivity contribution < 1.29 is 17.9 Å². The van der Waals surface area contributed by atoms with Crippen LogP contribution >= 0.6 is 0 Å². The molecule has 0 amide bonds. The topological polar surface area (TPSA) is 67.0 Å². The molecule has 1 saturated heterocycles. The number of halogens is 3. The van der Waals surface area contributed by atoms with Crippen molar-refractivity contribution in [3.8, 4) is 23.1 Å². The Labute approximate surface area is 201 Å². The minimum atomic E-state index is -4.84. The van der Waals surface area contributed by atoms with Gasteiger partial charge in [-0.2, -0.15) is 18.4 Å². The van der Waals surface area contributed by atoms with E-state index in [1.165, 1.54) is 10.6 Å². The standard InChI is InChI=1S/C27H26F3N3O2/c1-17-3-4-20(18(2)13-17)16-33-25(14-24(27(28,29)30)23(15-31)26(33)34)19-5-7-21(8-6-19)35-22-9-11-32-12-10-22/h3-8,13-14,22,32H,9-12,16H2,1-2H3. The summed E-state index contributed by atoms with van der Waals surface area (Å²) < 4.78 is 48.6. The van der Waals surface area contributed by atoms with Crippen LogP contribution in [0.25, 0.3) is 11.3 Å². The molecule has 1 aliphatic heterocycles. The van der Waals surface area contributed by atoms with Crippen molar-refractivity contribution in [3.63, 3.8) is 0 Å². The molecule has 0 atom stereocenters. The lowest BCUT2D eigenvalue weighted by Crippen LogP contribution is -2.34. The van der Waals surface area contributed by atoms with Gasteiger partial charge in [0.15, 0.2) is 0 Å². The molecule has 0 radical (unpaired) electrons. The maximum atomic E-state index is 13.8. The zero-order valence-corrected chi connectivity index (χ0v) is 19.6. The Hall–Kier alpha value is -3.57. The van der Waals surface area contributed by atoms with E-state index in [2.05, 4.69) is 5.32 Å². The van der Waals surface area contributed by atoms with E-state index < -0.39 is 22.9 Å². The highest BCUT2D eigenvalue weighted by molar-refractivity contribution is 5.63. The number of rotatable bonds is 5. The molecule has 0 bridgehead atoms. The fraction of sp³-hybridized carbons (Fsp3) is 0.333. The Kier molecular flexibility index (Phi) is 6.99. The average molecular weight is 482 g/mol. The average Bonchev–Trinajstić information content (AvgIpc) is 2.82. The van der Waals surface area contributed by atoms with E-state index in [-0.39, 0.29) is 18.3 Å². The highest BCUT2D eigenvalue weighted by atomic mass is 19.4. The molecule has 0 spiro atoms. The van der Waals surface area contributed by atoms with Crippen LogP contribution in [0.3, 0.4) is 0 Å². The second-order valence-corrected chi connectivity index (χ2v) is 8.84. The smallest absolute Gasteiger partial charge is 0.417 e. The van der Waals surface area contributed by atoms with E-state index in [0.717, 1.165) is 48.7 Å². The summed E-state index contributed by atoms with van der Waals surface area (Å²) in [5, 5.41) is 12.7. The molecule has 1 aromatic heterocycles. The van der Waals surface area contributed by atoms with Gasteiger partial charge in [-0.1, -0.05) is 23.8 Å². The highest BCUT2D eigenvalue weighted by Gasteiger charge is 2.36. The Balaban J connectivity index is 1.80. The summed E-state index contributed by atoms with van der Waals surface area (Å²) in [4.78, 5) is 13.2. The number of benzene rings is 2. The second kappa shape index (κ2) is 9.96. The summed E-state index contributed by atoms with van der Waals surface area (Å²) in [5.74, 6) is 0.619. The van der Waals surface area contributed by atoms with Gasteiger partial charge in [0.2, 0.25) is 0 Å². The Bertz CT molecular complexity index is 1320. The number of aromatic nitrogens is 1. The summed E-state index contributed by atoms with van der Waals surface area (Å²) in [6.45, 7) is 5.61. The minimum Gasteiger partial charge on any atom is -0.490 e. The monoisotopic (exact) mass is 481 g/mol. The van der Waals surface area contributed by atoms with Crippen molar-refractivity contribution in [1.82, 2.24) is 9.88 Å². The number of nitrogens with one attached hydrogen (secondary N) is 1. The van der Waals surface area contributed by atoms with Crippen molar-refractivity contribution >= 4 is 0 Å². The quantitative estimate of drug-likeness (QED) is 0.544. The lowest BCUT2D eigenvalue weighted by molar-refractivity contribution is -0.137. The number of pyridine rings is 1. The van der Waals surface area contributed by atoms with E-state index in [4.69, 9.17) is 4.74 Å². The third-order valence-corrected chi connectivity index (χ3v) is 6.28. The van der Waals surface area contributed by atoms with Crippen LogP contribution in [0.2, 0.25) is 0 Å². The van der Waals surface area contributed by atoms with Gasteiger partial charge in [-0.05, 0) is 86.8 Å². The SMILES string of the molecule is Cc1ccc(Cn2c(-c3ccc(OC4CCNCC4)cc3)cc(C(F)(F)F)c(C#N)c2=O)c(C)c1. The Morgan fingerprint density at radius 2 is 1.77 bits per heavy atom. The zero-order chi connectivity index (χ0) is 25.2. The largest absolute Gasteiger partial charge is 0.490 e. The molecule has 4 rings (SSSR count). The van der Waals surface area contributed by atoms with E-state index >= 15 is 0 Å². The maximum Gasteiger partial charge on any atom is 0.417 e. The first-order valence-electron chi connectivity index (χ1n) is 11.5. The summed E-state index contributed by atoms with van der Waals surface area (Å²) in [5.41, 5.74) is 0.152. The number of alkyl halides is 3. The lowest BCUT2D eigenvalue weighted by atomic mass is 10.0. The van der Waals surface area contributed by atoms with Crippen LogP contribution in [-0.2, 0) is 12.7 Å². The van der Waals surface area contributed by atoms with Crippen LogP contribution in [0.1, 0.15) is 40.7 Å². The van der Waals surface area contributed by atoms with Gasteiger partial charge in [0.1, 0.15) is 23.5 Å². The number of nitriles is 1. The van der Waals surface area contributed by atoms with Gasteiger partial charge in [-0.15, -0.1) is 0 Å². The lowest BCUT2D eigenvalue weighted by Gasteiger charge is -2.24. The van der Waals surface area contributed by atoms with E-state index in [9.17, 15) is 23.2 Å². The fourth-order valence-corrected chi connectivity index (χ4v) is 4.38. The predicted molar refractivity (Wildman–Crippen MR) is 127 cm³/mol. The third kappa shape index (κ3) is 5.41. The predicted octanol–water partition coefficient (Wildman–Crippen LogP) is 5.20. The van der Waals surface area contributed by atoms with Gasteiger partial charge >= 0.3 is 6.18 Å². The Morgan fingerprint density at radius 1 is 1.09 bits per heavy atom. The summed E-state index contributed by atoms with van der Waals surface area (Å²) in [6, 6.07) is 14.8. The summed E-state index contributed by atoms with van der Waals surface area (Å²) in [7, 11) is 0. The number of aryl methyl sites for hydroxylation is 2. The molecule has 8 heteroatoms. The molecular weight excluding hydrogens is 455 g/mol. The van der Waals surface area contributed by atoms with Crippen LogP contribution in [0.5, 0.6) is 5.75 Å². The fourth-order valence-electron chi connectivity index (χ4n) is 4.38. The van der Waals surface area contributed by atoms with Crippen molar-refractivity contribution in [2.24, 2.45) is 0 Å². The Morgan fingerprint density at radius 3 is 2.37 bits per heavy atom. The van der Waals surface area contributed by atoms with E-state index in [1.807, 2.05) is 32.0 Å². The van der Waals surface area contributed by atoms with Gasteiger partial charge in [-0.3, -0.25) is 4.79 Å². The zero-order valence-electron chi connectivity index (χ0n) is 19.6. The number of ether oxygens (including phenoxy) is 1. The molecule has 5 nitrogen and oxygen atoms in total. The van der Waals surface area contributed by atoms with Crippen LogP contribution < -0.4 is 15.6 Å². The van der Waals surface area contributed by atoms with Crippen molar-refractivity contribution in [2.75, 3.05) is 13.1 Å². The van der Waals surface area contributed by atoms with Gasteiger partial charge in [-0.25, -0.2) is 0 Å². The van der Waals surface area contributed by atoms with Gasteiger partial charge in [0.25, 0.3) is 5.56 Å². The molecule has 3 aromatic rings. The van der Waals surface area contributed by atoms with Crippen molar-refractivity contribution in [2.45, 2.75) is 45.5 Å². The second-order valence-electron chi connectivity index (χ2n) is 8.84. The molecule has 1 aliphatic rings. The van der Waals surface area contributed by atoms with Gasteiger partial charge < -0.3 is 14.6 Å². The first-order chi connectivity index (χ1) is 16.7. The van der Waals surface area contributed by atoms with Crippen LogP contribution in [0, 0.1) is 25.2 Å². The van der Waals surface area contributed by atoms with Crippen molar-refractivity contribution in [1.29, 1.82) is 5.26 Å². The highest BCUT2D eigenvalue weighted by Crippen LogP contribution is 2.34. The molecule has 0 saturated carbocycles. The first-order valence-corrected chi connectivity index (χ1v) is 11.5. The molecule has 0 unspecified atom stereocenters. The first kappa shape index (κ1) is 24.6. The van der Waals surface area contributed by atoms with Gasteiger partial charge in [0.05, 0.1) is 17.8 Å². The number of nitrogens with zero attached hydrogens (tertiary/aromatic N) is 2. The molecule has 35 heavy (non-hydrogen) atoms. The molecule has 2 heterocycles. The number of hydrogen-bond donors (Lipinski definition) is 1. The van der Waals surface area contributed by atoms with Crippen molar-refractivity contribution in [3.05, 3.63) is 86.7 Å². The normalized spacial score (nSPS) is 14.5. The number of piperidine rings is 1. The number of hydrogen-bond acceptors (Lipinski definition) is 4. The molecule has 1 N–H and O–H groups in total. The van der Waals surface area contributed by atoms with E-state index in [0.29, 0.717) is 11.3 Å². The van der Waals surface area contributed by atoms with Crippen LogP contribution in [0.15, 0.2) is 53.3 Å². The molecule has 2 aromatic carbocycles. The third-order valence-electron chi connectivity index (χ3n) is 6.28. The molecular formula is C27H26F3N3O2. The summed E-state index contributed by atoms with van der Waals surface area (Å²) in [6.07, 6.45) is -3.00. The van der Waals surface area contributed by atoms with Crippen LogP contribution in [-0.4, -0.2) is 23.8 Å². The minimum absolute atomic E-state index is 0.0421. The maximum absolute atomic E-state index is 13.8. The van der Waals surface area contributed by atoms with Gasteiger partial charge in [0, 0.05) is 0 Å². The molecule has 0 aliphatic carbocycles. The molecule has 1 fully saturated rings.